The minimum Gasteiger partial charge on any atom is -0.405 e. The summed E-state index contributed by atoms with van der Waals surface area (Å²) in [6, 6.07) is 6.81. The van der Waals surface area contributed by atoms with Gasteiger partial charge in [0.1, 0.15) is 17.1 Å². The normalized spacial score (nSPS) is 15.2. The van der Waals surface area contributed by atoms with Gasteiger partial charge in [-0.2, -0.15) is 5.10 Å². The molecule has 1 aromatic carbocycles. The van der Waals surface area contributed by atoms with E-state index in [0.29, 0.717) is 11.9 Å². The number of rotatable bonds is 5. The molecular formula is C21H19F4N7O. The van der Waals surface area contributed by atoms with E-state index in [9.17, 15) is 17.6 Å². The van der Waals surface area contributed by atoms with Gasteiger partial charge in [-0.1, -0.05) is 6.07 Å². The van der Waals surface area contributed by atoms with Crippen LogP contribution in [0.25, 0.3) is 22.4 Å². The van der Waals surface area contributed by atoms with Crippen LogP contribution >= 0.6 is 0 Å². The summed E-state index contributed by atoms with van der Waals surface area (Å²) in [6.07, 6.45) is 0.508. The minimum atomic E-state index is -4.96. The fourth-order valence-electron chi connectivity index (χ4n) is 3.98. The van der Waals surface area contributed by atoms with E-state index in [4.69, 9.17) is 0 Å². The van der Waals surface area contributed by atoms with Crippen molar-refractivity contribution in [3.8, 4) is 17.0 Å². The van der Waals surface area contributed by atoms with Crippen LogP contribution in [0.4, 0.5) is 29.2 Å². The number of hydrogen-bond donors (Lipinski definition) is 3. The van der Waals surface area contributed by atoms with Crippen molar-refractivity contribution in [2.24, 2.45) is 0 Å². The van der Waals surface area contributed by atoms with Crippen LogP contribution in [0.15, 0.2) is 42.7 Å². The van der Waals surface area contributed by atoms with Crippen molar-refractivity contribution < 1.29 is 22.3 Å². The molecule has 0 radical (unpaired) electrons. The zero-order chi connectivity index (χ0) is 23.0. The summed E-state index contributed by atoms with van der Waals surface area (Å²) in [5.74, 6) is -0.916. The number of ether oxygens (including phenoxy) is 1. The molecule has 3 aromatic heterocycles. The van der Waals surface area contributed by atoms with Crippen molar-refractivity contribution in [1.29, 1.82) is 0 Å². The fourth-order valence-corrected chi connectivity index (χ4v) is 3.98. The van der Waals surface area contributed by atoms with Crippen molar-refractivity contribution in [3.63, 3.8) is 0 Å². The van der Waals surface area contributed by atoms with E-state index in [1.54, 1.807) is 0 Å². The van der Waals surface area contributed by atoms with Crippen molar-refractivity contribution in [2.75, 3.05) is 18.4 Å². The Morgan fingerprint density at radius 2 is 1.94 bits per heavy atom. The van der Waals surface area contributed by atoms with Crippen LogP contribution in [0.2, 0.25) is 0 Å². The predicted octanol–water partition coefficient (Wildman–Crippen LogP) is 4.53. The minimum absolute atomic E-state index is 0.0157. The molecule has 0 atom stereocenters. The zero-order valence-electron chi connectivity index (χ0n) is 17.2. The summed E-state index contributed by atoms with van der Waals surface area (Å²) in [6.45, 7) is 1.86. The topological polar surface area (TPSA) is 92.7 Å². The Balaban J connectivity index is 1.42. The highest BCUT2D eigenvalue weighted by Crippen LogP contribution is 2.36. The Hall–Kier alpha value is -3.67. The molecule has 0 aliphatic carbocycles. The Morgan fingerprint density at radius 3 is 2.73 bits per heavy atom. The van der Waals surface area contributed by atoms with Crippen LogP contribution in [0.5, 0.6) is 5.75 Å². The molecule has 0 bridgehead atoms. The van der Waals surface area contributed by atoms with Gasteiger partial charge in [0, 0.05) is 18.3 Å². The van der Waals surface area contributed by atoms with E-state index in [1.165, 1.54) is 12.3 Å². The summed E-state index contributed by atoms with van der Waals surface area (Å²) in [5, 5.41) is 12.9. The number of aromatic amines is 1. The molecule has 1 fully saturated rings. The quantitative estimate of drug-likeness (QED) is 0.379. The monoisotopic (exact) mass is 461 g/mol. The zero-order valence-corrected chi connectivity index (χ0v) is 17.2. The number of nitrogens with one attached hydrogen (secondary N) is 3. The van der Waals surface area contributed by atoms with Gasteiger partial charge in [0.05, 0.1) is 17.5 Å². The molecule has 1 saturated heterocycles. The second kappa shape index (κ2) is 8.35. The number of aromatic nitrogens is 5. The van der Waals surface area contributed by atoms with Crippen LogP contribution in [0.1, 0.15) is 18.9 Å². The van der Waals surface area contributed by atoms with E-state index in [1.807, 2.05) is 12.3 Å². The number of fused-ring (bicyclic) bond motifs is 1. The second-order valence-electron chi connectivity index (χ2n) is 7.62. The van der Waals surface area contributed by atoms with E-state index < -0.39 is 17.9 Å². The largest absolute Gasteiger partial charge is 0.573 e. The maximum absolute atomic E-state index is 14.4. The standard InChI is InChI=1S/C21H19F4N7O/c22-13-2-1-3-16(33-21(23,24)25)19(13)15-10-17(31-30-15)28-18-11-27-14-6-9-32(20(14)29-18)12-4-7-26-8-5-12/h1-3,6,9-12,26H,4-5,7-8H2,(H2,28,29,30,31). The van der Waals surface area contributed by atoms with Crippen molar-refractivity contribution >= 4 is 22.8 Å². The first-order valence-electron chi connectivity index (χ1n) is 10.3. The summed E-state index contributed by atoms with van der Waals surface area (Å²) in [4.78, 5) is 9.06. The first-order chi connectivity index (χ1) is 15.9. The first-order valence-corrected chi connectivity index (χ1v) is 10.3. The van der Waals surface area contributed by atoms with Gasteiger partial charge in [-0.15, -0.1) is 13.2 Å². The van der Waals surface area contributed by atoms with Crippen molar-refractivity contribution in [1.82, 2.24) is 30.0 Å². The van der Waals surface area contributed by atoms with E-state index in [2.05, 4.69) is 40.1 Å². The third-order valence-corrected chi connectivity index (χ3v) is 5.43. The van der Waals surface area contributed by atoms with Gasteiger partial charge in [-0.05, 0) is 44.1 Å². The number of piperidine rings is 1. The highest BCUT2D eigenvalue weighted by atomic mass is 19.4. The molecule has 4 aromatic rings. The van der Waals surface area contributed by atoms with Crippen LogP contribution in [-0.2, 0) is 0 Å². The molecule has 5 rings (SSSR count). The lowest BCUT2D eigenvalue weighted by Gasteiger charge is -2.24. The van der Waals surface area contributed by atoms with Crippen LogP contribution < -0.4 is 15.4 Å². The van der Waals surface area contributed by atoms with E-state index in [0.717, 1.165) is 55.3 Å². The average molecular weight is 461 g/mol. The number of H-pyrrole nitrogens is 1. The maximum atomic E-state index is 14.4. The maximum Gasteiger partial charge on any atom is 0.573 e. The third kappa shape index (κ3) is 4.46. The summed E-state index contributed by atoms with van der Waals surface area (Å²) in [5.41, 5.74) is 1.11. The fraction of sp³-hybridized carbons (Fsp3) is 0.286. The van der Waals surface area contributed by atoms with Crippen LogP contribution in [0.3, 0.4) is 0 Å². The summed E-state index contributed by atoms with van der Waals surface area (Å²) in [7, 11) is 0. The SMILES string of the molecule is Fc1cccc(OC(F)(F)F)c1-c1cc(Nc2cnc3ccn(C4CCNCC4)c3n2)n[nH]1. The molecule has 0 spiro atoms. The van der Waals surface area contributed by atoms with Gasteiger partial charge in [-0.3, -0.25) is 5.10 Å². The van der Waals surface area contributed by atoms with Gasteiger partial charge >= 0.3 is 6.36 Å². The lowest BCUT2D eigenvalue weighted by molar-refractivity contribution is -0.274. The molecule has 0 amide bonds. The molecular weight excluding hydrogens is 442 g/mol. The van der Waals surface area contributed by atoms with Gasteiger partial charge < -0.3 is 19.9 Å². The number of halogens is 4. The summed E-state index contributed by atoms with van der Waals surface area (Å²) >= 11 is 0. The lowest BCUT2D eigenvalue weighted by atomic mass is 10.1. The van der Waals surface area contributed by atoms with Crippen molar-refractivity contribution in [2.45, 2.75) is 25.2 Å². The number of alkyl halides is 3. The van der Waals surface area contributed by atoms with Crippen LogP contribution in [-0.4, -0.2) is 44.2 Å². The highest BCUT2D eigenvalue weighted by Gasteiger charge is 2.33. The number of benzene rings is 1. The molecule has 4 heterocycles. The predicted molar refractivity (Wildman–Crippen MR) is 113 cm³/mol. The first kappa shape index (κ1) is 21.2. The Labute approximate surface area is 185 Å². The van der Waals surface area contributed by atoms with E-state index >= 15 is 0 Å². The Morgan fingerprint density at radius 1 is 1.12 bits per heavy atom. The van der Waals surface area contributed by atoms with Gasteiger partial charge in [0.2, 0.25) is 0 Å². The molecule has 0 saturated carbocycles. The average Bonchev–Trinajstić information content (AvgIpc) is 3.40. The highest BCUT2D eigenvalue weighted by molar-refractivity contribution is 5.75. The van der Waals surface area contributed by atoms with Gasteiger partial charge in [-0.25, -0.2) is 14.4 Å². The summed E-state index contributed by atoms with van der Waals surface area (Å²) < 4.78 is 58.6. The Kier molecular flexibility index (Phi) is 5.36. The number of nitrogens with zero attached hydrogens (tertiary/aromatic N) is 4. The molecule has 33 heavy (non-hydrogen) atoms. The number of anilines is 2. The second-order valence-corrected chi connectivity index (χ2v) is 7.62. The molecule has 1 aliphatic rings. The van der Waals surface area contributed by atoms with E-state index in [-0.39, 0.29) is 17.1 Å². The molecule has 12 heteroatoms. The molecule has 0 unspecified atom stereocenters. The molecule has 3 N–H and O–H groups in total. The number of hydrogen-bond acceptors (Lipinski definition) is 6. The van der Waals surface area contributed by atoms with Gasteiger partial charge in [0.15, 0.2) is 17.3 Å². The molecule has 1 aliphatic heterocycles. The van der Waals surface area contributed by atoms with Gasteiger partial charge in [0.25, 0.3) is 0 Å². The molecule has 172 valence electrons. The van der Waals surface area contributed by atoms with Crippen molar-refractivity contribution in [3.05, 3.63) is 48.5 Å². The third-order valence-electron chi connectivity index (χ3n) is 5.43. The Bertz CT molecular complexity index is 1280. The van der Waals surface area contributed by atoms with Crippen LogP contribution in [0, 0.1) is 5.82 Å². The lowest BCUT2D eigenvalue weighted by Crippen LogP contribution is -2.29. The molecule has 8 nitrogen and oxygen atoms in total. The smallest absolute Gasteiger partial charge is 0.405 e.